The molecular formula is C15H17BrN2O2. The minimum Gasteiger partial charge on any atom is -0.361 e. The lowest BCUT2D eigenvalue weighted by atomic mass is 10.1. The normalized spacial score (nSPS) is 12.2. The number of amides is 1. The van der Waals surface area contributed by atoms with E-state index >= 15 is 0 Å². The van der Waals surface area contributed by atoms with Crippen molar-refractivity contribution in [2.24, 2.45) is 0 Å². The van der Waals surface area contributed by atoms with Gasteiger partial charge < -0.3 is 9.84 Å². The van der Waals surface area contributed by atoms with Gasteiger partial charge in [0, 0.05) is 15.6 Å². The number of halogens is 1. The molecule has 1 atom stereocenters. The van der Waals surface area contributed by atoms with Gasteiger partial charge in [0.05, 0.1) is 11.7 Å². The Hall–Kier alpha value is -1.62. The zero-order chi connectivity index (χ0) is 14.9. The first kappa shape index (κ1) is 14.8. The summed E-state index contributed by atoms with van der Waals surface area (Å²) in [6.45, 7) is 7.60. The van der Waals surface area contributed by atoms with E-state index in [1.54, 1.807) is 0 Å². The van der Waals surface area contributed by atoms with Crippen molar-refractivity contribution in [3.8, 4) is 0 Å². The highest BCUT2D eigenvalue weighted by molar-refractivity contribution is 9.10. The van der Waals surface area contributed by atoms with Crippen LogP contribution >= 0.6 is 15.9 Å². The number of carbonyl (C=O) groups is 1. The van der Waals surface area contributed by atoms with Gasteiger partial charge in [-0.3, -0.25) is 4.79 Å². The molecule has 2 aromatic rings. The lowest BCUT2D eigenvalue weighted by Crippen LogP contribution is -2.27. The van der Waals surface area contributed by atoms with Gasteiger partial charge >= 0.3 is 0 Å². The first-order valence-electron chi connectivity index (χ1n) is 6.39. The molecule has 1 aromatic carbocycles. The average Bonchev–Trinajstić information content (AvgIpc) is 2.67. The zero-order valence-electron chi connectivity index (χ0n) is 12.0. The lowest BCUT2D eigenvalue weighted by molar-refractivity contribution is 0.0939. The number of rotatable bonds is 3. The van der Waals surface area contributed by atoms with Crippen LogP contribution in [0.25, 0.3) is 0 Å². The fourth-order valence-corrected chi connectivity index (χ4v) is 2.94. The highest BCUT2D eigenvalue weighted by atomic mass is 79.9. The SMILES string of the molecule is Cc1cc(Br)cc(C(=O)NC(C)c2c(C)noc2C)c1. The minimum absolute atomic E-state index is 0.109. The van der Waals surface area contributed by atoms with Crippen molar-refractivity contribution in [1.29, 1.82) is 0 Å². The molecule has 0 saturated heterocycles. The van der Waals surface area contributed by atoms with Crippen LogP contribution in [0.15, 0.2) is 27.2 Å². The van der Waals surface area contributed by atoms with Gasteiger partial charge in [-0.05, 0) is 51.5 Å². The van der Waals surface area contributed by atoms with Crippen LogP contribution in [-0.2, 0) is 0 Å². The summed E-state index contributed by atoms with van der Waals surface area (Å²) in [6.07, 6.45) is 0. The second-order valence-corrected chi connectivity index (χ2v) is 5.87. The largest absolute Gasteiger partial charge is 0.361 e. The van der Waals surface area contributed by atoms with Crippen molar-refractivity contribution in [1.82, 2.24) is 10.5 Å². The molecule has 0 radical (unpaired) electrons. The first-order valence-corrected chi connectivity index (χ1v) is 7.18. The molecule has 1 aromatic heterocycles. The summed E-state index contributed by atoms with van der Waals surface area (Å²) in [5.74, 6) is 0.627. The summed E-state index contributed by atoms with van der Waals surface area (Å²) in [5, 5.41) is 6.89. The van der Waals surface area contributed by atoms with Crippen molar-refractivity contribution < 1.29 is 9.32 Å². The molecule has 0 bridgehead atoms. The van der Waals surface area contributed by atoms with E-state index in [1.807, 2.05) is 45.9 Å². The molecule has 0 spiro atoms. The summed E-state index contributed by atoms with van der Waals surface area (Å²) < 4.78 is 6.03. The Labute approximate surface area is 126 Å². The number of nitrogens with one attached hydrogen (secondary N) is 1. The van der Waals surface area contributed by atoms with Gasteiger partial charge in [-0.25, -0.2) is 0 Å². The number of hydrogen-bond donors (Lipinski definition) is 1. The Morgan fingerprint density at radius 1 is 1.30 bits per heavy atom. The van der Waals surface area contributed by atoms with Gasteiger partial charge in [0.2, 0.25) is 0 Å². The molecule has 2 rings (SSSR count). The fraction of sp³-hybridized carbons (Fsp3) is 0.333. The van der Waals surface area contributed by atoms with E-state index in [-0.39, 0.29) is 11.9 Å². The Kier molecular flexibility index (Phi) is 4.28. The third kappa shape index (κ3) is 3.10. The van der Waals surface area contributed by atoms with Crippen LogP contribution in [0.3, 0.4) is 0 Å². The van der Waals surface area contributed by atoms with E-state index in [0.29, 0.717) is 5.56 Å². The minimum atomic E-state index is -0.145. The van der Waals surface area contributed by atoms with E-state index in [9.17, 15) is 4.79 Å². The molecule has 4 nitrogen and oxygen atoms in total. The molecule has 1 unspecified atom stereocenters. The summed E-state index contributed by atoms with van der Waals surface area (Å²) >= 11 is 3.40. The third-order valence-corrected chi connectivity index (χ3v) is 3.63. The third-order valence-electron chi connectivity index (χ3n) is 3.17. The van der Waals surface area contributed by atoms with E-state index < -0.39 is 0 Å². The number of benzene rings is 1. The van der Waals surface area contributed by atoms with Crippen molar-refractivity contribution >= 4 is 21.8 Å². The topological polar surface area (TPSA) is 55.1 Å². The molecular weight excluding hydrogens is 320 g/mol. The highest BCUT2D eigenvalue weighted by Crippen LogP contribution is 2.22. The smallest absolute Gasteiger partial charge is 0.251 e. The quantitative estimate of drug-likeness (QED) is 0.925. The van der Waals surface area contributed by atoms with E-state index in [4.69, 9.17) is 4.52 Å². The van der Waals surface area contributed by atoms with Crippen molar-refractivity contribution in [3.63, 3.8) is 0 Å². The van der Waals surface area contributed by atoms with Crippen LogP contribution in [-0.4, -0.2) is 11.1 Å². The Morgan fingerprint density at radius 3 is 2.55 bits per heavy atom. The summed E-state index contributed by atoms with van der Waals surface area (Å²) in [7, 11) is 0. The predicted octanol–water partition coefficient (Wildman–Crippen LogP) is 3.85. The van der Waals surface area contributed by atoms with E-state index in [1.165, 1.54) is 0 Å². The number of hydrogen-bond acceptors (Lipinski definition) is 3. The second-order valence-electron chi connectivity index (χ2n) is 4.95. The maximum absolute atomic E-state index is 12.3. The maximum Gasteiger partial charge on any atom is 0.251 e. The molecule has 1 amide bonds. The molecule has 20 heavy (non-hydrogen) atoms. The molecule has 0 aliphatic rings. The maximum atomic E-state index is 12.3. The number of carbonyl (C=O) groups excluding carboxylic acids is 1. The zero-order valence-corrected chi connectivity index (χ0v) is 13.5. The van der Waals surface area contributed by atoms with Gasteiger partial charge in [-0.2, -0.15) is 0 Å². The van der Waals surface area contributed by atoms with Gasteiger partial charge in [-0.1, -0.05) is 21.1 Å². The fourth-order valence-electron chi connectivity index (χ4n) is 2.33. The number of aryl methyl sites for hydroxylation is 3. The number of nitrogens with zero attached hydrogens (tertiary/aromatic N) is 1. The molecule has 1 N–H and O–H groups in total. The highest BCUT2D eigenvalue weighted by Gasteiger charge is 2.19. The van der Waals surface area contributed by atoms with Crippen molar-refractivity contribution in [2.75, 3.05) is 0 Å². The van der Waals surface area contributed by atoms with Crippen molar-refractivity contribution in [2.45, 2.75) is 33.7 Å². The van der Waals surface area contributed by atoms with Gasteiger partial charge in [0.15, 0.2) is 0 Å². The molecule has 5 heteroatoms. The monoisotopic (exact) mass is 336 g/mol. The van der Waals surface area contributed by atoms with E-state index in [0.717, 1.165) is 27.1 Å². The number of aromatic nitrogens is 1. The Balaban J connectivity index is 2.19. The first-order chi connectivity index (χ1) is 9.38. The van der Waals surface area contributed by atoms with Crippen LogP contribution in [0.4, 0.5) is 0 Å². The van der Waals surface area contributed by atoms with E-state index in [2.05, 4.69) is 26.4 Å². The Morgan fingerprint density at radius 2 is 2.00 bits per heavy atom. The molecule has 0 aliphatic heterocycles. The summed E-state index contributed by atoms with van der Waals surface area (Å²) in [6, 6.07) is 5.49. The summed E-state index contributed by atoms with van der Waals surface area (Å²) in [5.41, 5.74) is 3.41. The summed E-state index contributed by atoms with van der Waals surface area (Å²) in [4.78, 5) is 12.3. The van der Waals surface area contributed by atoms with Gasteiger partial charge in [-0.15, -0.1) is 0 Å². The van der Waals surface area contributed by atoms with Crippen molar-refractivity contribution in [3.05, 3.63) is 50.8 Å². The van der Waals surface area contributed by atoms with Crippen LogP contribution < -0.4 is 5.32 Å². The van der Waals surface area contributed by atoms with Gasteiger partial charge in [0.1, 0.15) is 5.76 Å². The average molecular weight is 337 g/mol. The van der Waals surface area contributed by atoms with Crippen LogP contribution in [0.5, 0.6) is 0 Å². The molecule has 106 valence electrons. The van der Waals surface area contributed by atoms with Crippen LogP contribution in [0.1, 0.15) is 45.9 Å². The standard InChI is InChI=1S/C15H17BrN2O2/c1-8-5-12(7-13(16)6-8)15(19)17-9(2)14-10(3)18-20-11(14)4/h5-7,9H,1-4H3,(H,17,19). The molecule has 0 saturated carbocycles. The second kappa shape index (κ2) is 5.79. The molecule has 0 fully saturated rings. The molecule has 0 aliphatic carbocycles. The Bertz CT molecular complexity index is 610. The molecule has 1 heterocycles. The predicted molar refractivity (Wildman–Crippen MR) is 80.7 cm³/mol. The van der Waals surface area contributed by atoms with Crippen LogP contribution in [0, 0.1) is 20.8 Å². The lowest BCUT2D eigenvalue weighted by Gasteiger charge is -2.14. The van der Waals surface area contributed by atoms with Crippen LogP contribution in [0.2, 0.25) is 0 Å². The van der Waals surface area contributed by atoms with Gasteiger partial charge in [0.25, 0.3) is 5.91 Å².